The van der Waals surface area contributed by atoms with E-state index in [9.17, 15) is 8.42 Å². The number of halogens is 1. The first-order valence-corrected chi connectivity index (χ1v) is 8.63. The Morgan fingerprint density at radius 2 is 1.89 bits per heavy atom. The van der Waals surface area contributed by atoms with Crippen molar-refractivity contribution in [1.82, 2.24) is 4.31 Å². The van der Waals surface area contributed by atoms with Gasteiger partial charge in [0, 0.05) is 18.4 Å². The van der Waals surface area contributed by atoms with Crippen LogP contribution in [0.3, 0.4) is 0 Å². The predicted octanol–water partition coefficient (Wildman–Crippen LogP) is 3.10. The SMILES string of the molecule is CCCN(CCBr)S(=O)(=O)c1ccc(C)cc1C. The van der Waals surface area contributed by atoms with Crippen molar-refractivity contribution in [3.63, 3.8) is 0 Å². The lowest BCUT2D eigenvalue weighted by molar-refractivity contribution is 0.430. The highest BCUT2D eigenvalue weighted by Gasteiger charge is 2.24. The number of hydrogen-bond donors (Lipinski definition) is 0. The fourth-order valence-electron chi connectivity index (χ4n) is 1.92. The third kappa shape index (κ3) is 3.56. The molecule has 0 amide bonds. The van der Waals surface area contributed by atoms with E-state index in [0.29, 0.717) is 23.3 Å². The van der Waals surface area contributed by atoms with Crippen LogP contribution in [-0.4, -0.2) is 31.1 Å². The van der Waals surface area contributed by atoms with Gasteiger partial charge in [-0.05, 0) is 31.9 Å². The second-order valence-electron chi connectivity index (χ2n) is 4.36. The fourth-order valence-corrected chi connectivity index (χ4v) is 4.33. The highest BCUT2D eigenvalue weighted by molar-refractivity contribution is 9.09. The van der Waals surface area contributed by atoms with Gasteiger partial charge in [0.25, 0.3) is 0 Å². The lowest BCUT2D eigenvalue weighted by Crippen LogP contribution is -2.33. The summed E-state index contributed by atoms with van der Waals surface area (Å²) < 4.78 is 26.6. The monoisotopic (exact) mass is 333 g/mol. The molecule has 0 saturated carbocycles. The normalized spacial score (nSPS) is 12.1. The van der Waals surface area contributed by atoms with E-state index in [1.165, 1.54) is 0 Å². The highest BCUT2D eigenvalue weighted by atomic mass is 79.9. The molecule has 0 aliphatic heterocycles. The van der Waals surface area contributed by atoms with Gasteiger partial charge in [0.05, 0.1) is 4.90 Å². The van der Waals surface area contributed by atoms with Crippen molar-refractivity contribution >= 4 is 26.0 Å². The Labute approximate surface area is 118 Å². The molecule has 1 rings (SSSR count). The molecule has 102 valence electrons. The van der Waals surface area contributed by atoms with Crippen LogP contribution in [0.1, 0.15) is 24.5 Å². The first-order chi connectivity index (χ1) is 8.43. The van der Waals surface area contributed by atoms with Crippen molar-refractivity contribution < 1.29 is 8.42 Å². The van der Waals surface area contributed by atoms with E-state index in [0.717, 1.165) is 17.5 Å². The number of sulfonamides is 1. The third-order valence-electron chi connectivity index (χ3n) is 2.76. The number of benzene rings is 1. The molecule has 0 bridgehead atoms. The first kappa shape index (κ1) is 15.7. The molecular weight excluding hydrogens is 314 g/mol. The number of nitrogens with zero attached hydrogens (tertiary/aromatic N) is 1. The van der Waals surface area contributed by atoms with Gasteiger partial charge in [-0.1, -0.05) is 40.5 Å². The lowest BCUT2D eigenvalue weighted by Gasteiger charge is -2.21. The Bertz CT molecular complexity index is 494. The number of hydrogen-bond acceptors (Lipinski definition) is 2. The number of aryl methyl sites for hydroxylation is 2. The predicted molar refractivity (Wildman–Crippen MR) is 78.8 cm³/mol. The van der Waals surface area contributed by atoms with E-state index in [1.807, 2.05) is 32.9 Å². The molecule has 0 aromatic heterocycles. The summed E-state index contributed by atoms with van der Waals surface area (Å²) in [7, 11) is -3.37. The fraction of sp³-hybridized carbons (Fsp3) is 0.538. The first-order valence-electron chi connectivity index (χ1n) is 6.06. The summed E-state index contributed by atoms with van der Waals surface area (Å²) in [6.45, 7) is 6.85. The molecule has 0 aliphatic rings. The zero-order valence-corrected chi connectivity index (χ0v) is 13.5. The summed E-state index contributed by atoms with van der Waals surface area (Å²) in [5, 5.41) is 0.650. The van der Waals surface area contributed by atoms with Crippen molar-refractivity contribution in [3.05, 3.63) is 29.3 Å². The maximum Gasteiger partial charge on any atom is 0.243 e. The van der Waals surface area contributed by atoms with Gasteiger partial charge in [-0.15, -0.1) is 0 Å². The van der Waals surface area contributed by atoms with Gasteiger partial charge in [-0.3, -0.25) is 0 Å². The van der Waals surface area contributed by atoms with Crippen LogP contribution in [0.15, 0.2) is 23.1 Å². The van der Waals surface area contributed by atoms with Gasteiger partial charge in [0.15, 0.2) is 0 Å². The van der Waals surface area contributed by atoms with E-state index in [-0.39, 0.29) is 0 Å². The molecule has 0 heterocycles. The van der Waals surface area contributed by atoms with E-state index >= 15 is 0 Å². The summed E-state index contributed by atoms with van der Waals surface area (Å²) in [5.74, 6) is 0. The van der Waals surface area contributed by atoms with Crippen LogP contribution in [0.25, 0.3) is 0 Å². The summed E-state index contributed by atoms with van der Waals surface area (Å²) in [5.41, 5.74) is 1.89. The van der Waals surface area contributed by atoms with Gasteiger partial charge in [-0.25, -0.2) is 8.42 Å². The molecule has 0 spiro atoms. The molecule has 18 heavy (non-hydrogen) atoms. The summed E-state index contributed by atoms with van der Waals surface area (Å²) in [6.07, 6.45) is 0.817. The minimum Gasteiger partial charge on any atom is -0.207 e. The molecule has 1 aromatic rings. The van der Waals surface area contributed by atoms with Crippen molar-refractivity contribution in [2.75, 3.05) is 18.4 Å². The summed E-state index contributed by atoms with van der Waals surface area (Å²) >= 11 is 3.31. The zero-order chi connectivity index (χ0) is 13.8. The third-order valence-corrected chi connectivity index (χ3v) is 5.17. The average Bonchev–Trinajstić information content (AvgIpc) is 2.28. The Balaban J connectivity index is 3.17. The van der Waals surface area contributed by atoms with Crippen LogP contribution in [0.4, 0.5) is 0 Å². The average molecular weight is 334 g/mol. The van der Waals surface area contributed by atoms with Gasteiger partial charge < -0.3 is 0 Å². The molecule has 0 atom stereocenters. The molecule has 0 fully saturated rings. The molecule has 0 saturated heterocycles. The van der Waals surface area contributed by atoms with Crippen LogP contribution in [0.2, 0.25) is 0 Å². The zero-order valence-electron chi connectivity index (χ0n) is 11.1. The van der Waals surface area contributed by atoms with Gasteiger partial charge in [0.2, 0.25) is 10.0 Å². The van der Waals surface area contributed by atoms with Gasteiger partial charge >= 0.3 is 0 Å². The largest absolute Gasteiger partial charge is 0.243 e. The lowest BCUT2D eigenvalue weighted by atomic mass is 10.2. The smallest absolute Gasteiger partial charge is 0.207 e. The molecule has 0 unspecified atom stereocenters. The Morgan fingerprint density at radius 3 is 2.39 bits per heavy atom. The van der Waals surface area contributed by atoms with E-state index in [4.69, 9.17) is 0 Å². The quantitative estimate of drug-likeness (QED) is 0.750. The van der Waals surface area contributed by atoms with Crippen LogP contribution in [0, 0.1) is 13.8 Å². The van der Waals surface area contributed by atoms with Crippen molar-refractivity contribution in [1.29, 1.82) is 0 Å². The molecule has 0 aliphatic carbocycles. The molecule has 3 nitrogen and oxygen atoms in total. The van der Waals surface area contributed by atoms with Crippen molar-refractivity contribution in [3.8, 4) is 0 Å². The highest BCUT2D eigenvalue weighted by Crippen LogP contribution is 2.21. The Morgan fingerprint density at radius 1 is 1.22 bits per heavy atom. The van der Waals surface area contributed by atoms with Gasteiger partial charge in [-0.2, -0.15) is 4.31 Å². The number of rotatable bonds is 6. The molecule has 0 N–H and O–H groups in total. The molecule has 1 aromatic carbocycles. The van der Waals surface area contributed by atoms with Crippen molar-refractivity contribution in [2.24, 2.45) is 0 Å². The second-order valence-corrected chi connectivity index (χ2v) is 7.06. The second kappa shape index (κ2) is 6.68. The molecular formula is C13H20BrNO2S. The van der Waals surface area contributed by atoms with E-state index in [2.05, 4.69) is 15.9 Å². The molecule has 0 radical (unpaired) electrons. The van der Waals surface area contributed by atoms with E-state index < -0.39 is 10.0 Å². The maximum absolute atomic E-state index is 12.5. The van der Waals surface area contributed by atoms with Crippen LogP contribution in [0.5, 0.6) is 0 Å². The van der Waals surface area contributed by atoms with Crippen LogP contribution < -0.4 is 0 Å². The Kier molecular flexibility index (Phi) is 5.82. The molecule has 5 heteroatoms. The summed E-state index contributed by atoms with van der Waals surface area (Å²) in [6, 6.07) is 5.46. The van der Waals surface area contributed by atoms with E-state index in [1.54, 1.807) is 10.4 Å². The van der Waals surface area contributed by atoms with Gasteiger partial charge in [0.1, 0.15) is 0 Å². The minimum absolute atomic E-state index is 0.419. The summed E-state index contributed by atoms with van der Waals surface area (Å²) in [4.78, 5) is 0.419. The number of alkyl halides is 1. The maximum atomic E-state index is 12.5. The topological polar surface area (TPSA) is 37.4 Å². The van der Waals surface area contributed by atoms with Crippen LogP contribution in [-0.2, 0) is 10.0 Å². The minimum atomic E-state index is -3.37. The van der Waals surface area contributed by atoms with Crippen LogP contribution >= 0.6 is 15.9 Å². The van der Waals surface area contributed by atoms with Crippen molar-refractivity contribution in [2.45, 2.75) is 32.1 Å². The Hall–Kier alpha value is -0.390. The standard InChI is InChI=1S/C13H20BrNO2S/c1-4-8-15(9-7-14)18(16,17)13-6-5-11(2)10-12(13)3/h5-6,10H,4,7-9H2,1-3H3.